The first-order valence-electron chi connectivity index (χ1n) is 21.2. The average molecular weight is 790 g/mol. The van der Waals surface area contributed by atoms with E-state index in [4.69, 9.17) is 4.98 Å². The number of hydrogen-bond donors (Lipinski definition) is 0. The molecule has 290 valence electrons. The van der Waals surface area contributed by atoms with Gasteiger partial charge in [-0.3, -0.25) is 4.99 Å². The molecule has 0 amide bonds. The van der Waals surface area contributed by atoms with Crippen LogP contribution in [0.3, 0.4) is 0 Å². The lowest BCUT2D eigenvalue weighted by Crippen LogP contribution is -2.02. The Labute approximate surface area is 359 Å². The normalized spacial score (nSPS) is 11.7. The molecule has 0 saturated carbocycles. The van der Waals surface area contributed by atoms with Crippen LogP contribution in [-0.2, 0) is 6.54 Å². The number of aromatic nitrogens is 2. The molecule has 3 heteroatoms. The van der Waals surface area contributed by atoms with Crippen molar-refractivity contribution in [2.45, 2.75) is 6.54 Å². The van der Waals surface area contributed by atoms with Gasteiger partial charge in [0.25, 0.3) is 0 Å². The number of para-hydroxylation sites is 2. The topological polar surface area (TPSA) is 30.2 Å². The van der Waals surface area contributed by atoms with Gasteiger partial charge in [0.15, 0.2) is 0 Å². The monoisotopic (exact) mass is 789 g/mol. The van der Waals surface area contributed by atoms with Crippen LogP contribution in [-0.4, -0.2) is 16.3 Å². The van der Waals surface area contributed by atoms with E-state index in [9.17, 15) is 0 Å². The highest BCUT2D eigenvalue weighted by Gasteiger charge is 2.21. The molecular formula is C59H39N3. The van der Waals surface area contributed by atoms with Gasteiger partial charge < -0.3 is 4.57 Å². The zero-order valence-corrected chi connectivity index (χ0v) is 34.0. The minimum Gasteiger partial charge on any atom is -0.319 e. The molecule has 0 aliphatic carbocycles. The first kappa shape index (κ1) is 35.8. The highest BCUT2D eigenvalue weighted by molar-refractivity contribution is 6.22. The summed E-state index contributed by atoms with van der Waals surface area (Å²) in [5, 5.41) is 12.3. The zero-order valence-electron chi connectivity index (χ0n) is 34.0. The summed E-state index contributed by atoms with van der Waals surface area (Å²) in [6.07, 6.45) is 0. The molecule has 12 aromatic rings. The van der Waals surface area contributed by atoms with Crippen LogP contribution < -0.4 is 0 Å². The van der Waals surface area contributed by atoms with Crippen LogP contribution >= 0.6 is 0 Å². The van der Waals surface area contributed by atoms with Crippen molar-refractivity contribution in [2.24, 2.45) is 4.99 Å². The Morgan fingerprint density at radius 1 is 0.403 bits per heavy atom. The lowest BCUT2D eigenvalue weighted by Gasteiger charge is -2.19. The summed E-state index contributed by atoms with van der Waals surface area (Å²) in [5.41, 5.74) is 12.1. The zero-order chi connectivity index (χ0) is 41.1. The fraction of sp³-hybridized carbons (Fsp3) is 0.0169. The molecule has 0 bridgehead atoms. The summed E-state index contributed by atoms with van der Waals surface area (Å²) in [6.45, 7) is 4.69. The Morgan fingerprint density at radius 2 is 0.903 bits per heavy atom. The number of aliphatic imine (C=N–C) groups is 1. The summed E-state index contributed by atoms with van der Waals surface area (Å²) in [4.78, 5) is 9.86. The van der Waals surface area contributed by atoms with Crippen molar-refractivity contribution >= 4 is 77.3 Å². The summed E-state index contributed by atoms with van der Waals surface area (Å²) in [7, 11) is 0. The van der Waals surface area contributed by atoms with Gasteiger partial charge in [-0.25, -0.2) is 4.98 Å². The highest BCUT2D eigenvalue weighted by Crippen LogP contribution is 2.46. The SMILES string of the molecule is C=Nc1ccc(-c2ccc3c(-c4ccc5ccccc5c4)c4ccccc4c(-c4ccc5ccccc5c4)c3c2)cc1-c1nc2ccccc2n1Cc1ccc2ccccc2c1. The van der Waals surface area contributed by atoms with Crippen molar-refractivity contribution in [3.05, 3.63) is 218 Å². The van der Waals surface area contributed by atoms with Crippen LogP contribution in [0.1, 0.15) is 5.56 Å². The van der Waals surface area contributed by atoms with E-state index in [1.165, 1.54) is 81.7 Å². The number of hydrogen-bond acceptors (Lipinski definition) is 2. The molecule has 0 radical (unpaired) electrons. The molecule has 1 aromatic heterocycles. The third kappa shape index (κ3) is 5.97. The van der Waals surface area contributed by atoms with Gasteiger partial charge in [0.1, 0.15) is 5.82 Å². The molecule has 0 saturated heterocycles. The van der Waals surface area contributed by atoms with E-state index in [0.717, 1.165) is 39.2 Å². The van der Waals surface area contributed by atoms with Crippen molar-refractivity contribution in [3.8, 4) is 44.8 Å². The summed E-state index contributed by atoms with van der Waals surface area (Å²) in [6, 6.07) is 77.1. The van der Waals surface area contributed by atoms with Gasteiger partial charge >= 0.3 is 0 Å². The summed E-state index contributed by atoms with van der Waals surface area (Å²) in [5.74, 6) is 0.867. The van der Waals surface area contributed by atoms with Gasteiger partial charge in [-0.2, -0.15) is 0 Å². The minimum absolute atomic E-state index is 0.664. The van der Waals surface area contributed by atoms with E-state index in [2.05, 4.69) is 229 Å². The van der Waals surface area contributed by atoms with Crippen LogP contribution in [0.15, 0.2) is 217 Å². The smallest absolute Gasteiger partial charge is 0.143 e. The van der Waals surface area contributed by atoms with Gasteiger partial charge in [-0.15, -0.1) is 0 Å². The molecule has 0 N–H and O–H groups in total. The predicted octanol–water partition coefficient (Wildman–Crippen LogP) is 15.9. The summed E-state index contributed by atoms with van der Waals surface area (Å²) >= 11 is 0. The number of nitrogens with zero attached hydrogens (tertiary/aromatic N) is 3. The van der Waals surface area contributed by atoms with Crippen LogP contribution in [0, 0.1) is 0 Å². The van der Waals surface area contributed by atoms with Crippen molar-refractivity contribution in [2.75, 3.05) is 0 Å². The van der Waals surface area contributed by atoms with Gasteiger partial charge in [0, 0.05) is 12.1 Å². The molecule has 0 unspecified atom stereocenters. The second-order valence-corrected chi connectivity index (χ2v) is 16.3. The van der Waals surface area contributed by atoms with E-state index in [1.54, 1.807) is 0 Å². The van der Waals surface area contributed by atoms with Crippen LogP contribution in [0.4, 0.5) is 5.69 Å². The molecule has 0 spiro atoms. The van der Waals surface area contributed by atoms with Gasteiger partial charge in [0.2, 0.25) is 0 Å². The first-order chi connectivity index (χ1) is 30.7. The summed E-state index contributed by atoms with van der Waals surface area (Å²) < 4.78 is 2.33. The highest BCUT2D eigenvalue weighted by atomic mass is 15.1. The Hall–Kier alpha value is -8.14. The maximum absolute atomic E-state index is 5.29. The standard InChI is InChI=1S/C59H39N3/c1-60-54-31-29-46(36-53(54)59-61-55-20-10-11-21-56(55)62(59)37-38-22-23-39-12-2-5-15-42(39)32-38)45-28-30-51-52(35-45)58(48-27-25-41-14-4-7-17-44(41)34-48)50-19-9-8-18-49(50)57(51)47-26-24-40-13-3-6-16-43(40)33-47/h2-36H,1,37H2. The lowest BCUT2D eigenvalue weighted by molar-refractivity contribution is 0.836. The van der Waals surface area contributed by atoms with Crippen molar-refractivity contribution in [1.82, 2.24) is 9.55 Å². The molecule has 1 heterocycles. The van der Waals surface area contributed by atoms with Gasteiger partial charge in [-0.05, 0) is 148 Å². The van der Waals surface area contributed by atoms with Crippen molar-refractivity contribution in [3.63, 3.8) is 0 Å². The molecule has 0 atom stereocenters. The Bertz CT molecular complexity index is 3760. The molecule has 11 aromatic carbocycles. The predicted molar refractivity (Wildman–Crippen MR) is 264 cm³/mol. The Morgan fingerprint density at radius 3 is 1.56 bits per heavy atom. The quantitative estimate of drug-likeness (QED) is 0.117. The maximum Gasteiger partial charge on any atom is 0.143 e. The van der Waals surface area contributed by atoms with Crippen molar-refractivity contribution in [1.29, 1.82) is 0 Å². The number of rotatable bonds is 7. The molecule has 0 fully saturated rings. The van der Waals surface area contributed by atoms with Gasteiger partial charge in [-0.1, -0.05) is 164 Å². The van der Waals surface area contributed by atoms with Crippen molar-refractivity contribution < 1.29 is 0 Å². The number of imidazole rings is 1. The maximum atomic E-state index is 5.29. The lowest BCUT2D eigenvalue weighted by atomic mass is 9.84. The largest absolute Gasteiger partial charge is 0.319 e. The van der Waals surface area contributed by atoms with Gasteiger partial charge in [0.05, 0.1) is 16.7 Å². The molecule has 12 rings (SSSR count). The number of benzene rings is 11. The van der Waals surface area contributed by atoms with E-state index in [-0.39, 0.29) is 0 Å². The van der Waals surface area contributed by atoms with Crippen LogP contribution in [0.2, 0.25) is 0 Å². The number of fused-ring (bicyclic) bond motifs is 6. The molecule has 0 aliphatic rings. The van der Waals surface area contributed by atoms with E-state index in [1.807, 2.05) is 0 Å². The third-order valence-corrected chi connectivity index (χ3v) is 12.7. The fourth-order valence-electron chi connectivity index (χ4n) is 9.66. The second-order valence-electron chi connectivity index (χ2n) is 16.3. The Balaban J connectivity index is 1.08. The van der Waals surface area contributed by atoms with E-state index < -0.39 is 0 Å². The molecule has 3 nitrogen and oxygen atoms in total. The Kier molecular flexibility index (Phi) is 8.39. The third-order valence-electron chi connectivity index (χ3n) is 12.7. The van der Waals surface area contributed by atoms with E-state index >= 15 is 0 Å². The molecule has 0 aliphatic heterocycles. The first-order valence-corrected chi connectivity index (χ1v) is 21.2. The molecular weight excluding hydrogens is 751 g/mol. The minimum atomic E-state index is 0.664. The fourth-order valence-corrected chi connectivity index (χ4v) is 9.66. The van der Waals surface area contributed by atoms with Crippen LogP contribution in [0.5, 0.6) is 0 Å². The van der Waals surface area contributed by atoms with Crippen LogP contribution in [0.25, 0.3) is 110 Å². The molecule has 62 heavy (non-hydrogen) atoms. The van der Waals surface area contributed by atoms with E-state index in [0.29, 0.717) is 6.54 Å². The average Bonchev–Trinajstić information content (AvgIpc) is 3.70. The second kappa shape index (κ2) is 14.5.